The third-order valence-electron chi connectivity index (χ3n) is 2.76. The number of hydrogen-bond acceptors (Lipinski definition) is 3. The van der Waals surface area contributed by atoms with Gasteiger partial charge in [0.2, 0.25) is 0 Å². The molecule has 0 atom stereocenters. The summed E-state index contributed by atoms with van der Waals surface area (Å²) < 4.78 is 0. The molecule has 0 saturated heterocycles. The van der Waals surface area contributed by atoms with Gasteiger partial charge in [0.05, 0.1) is 24.0 Å². The highest BCUT2D eigenvalue weighted by Gasteiger charge is 2.13. The number of nitrogens with zero attached hydrogens (tertiary/aromatic N) is 1. The molecule has 6 heteroatoms. The molecule has 0 spiro atoms. The van der Waals surface area contributed by atoms with E-state index in [0.717, 1.165) is 12.8 Å². The smallest absolute Gasteiger partial charge is 0.319 e. The summed E-state index contributed by atoms with van der Waals surface area (Å²) in [5, 5.41) is 14.1. The Labute approximate surface area is 110 Å². The van der Waals surface area contributed by atoms with Crippen molar-refractivity contribution in [3.63, 3.8) is 0 Å². The number of urea groups is 1. The second-order valence-electron chi connectivity index (χ2n) is 4.35. The Morgan fingerprint density at radius 3 is 2.63 bits per heavy atom. The minimum Gasteiger partial charge on any atom is -0.481 e. The van der Waals surface area contributed by atoms with E-state index in [2.05, 4.69) is 15.6 Å². The third kappa shape index (κ3) is 4.09. The van der Waals surface area contributed by atoms with Crippen LogP contribution in [-0.2, 0) is 11.2 Å². The number of carbonyl (C=O) groups excluding carboxylic acids is 1. The first kappa shape index (κ1) is 13.1. The largest absolute Gasteiger partial charge is 0.481 e. The Morgan fingerprint density at radius 2 is 2.05 bits per heavy atom. The summed E-state index contributed by atoms with van der Waals surface area (Å²) in [6.07, 6.45) is 7.10. The van der Waals surface area contributed by atoms with Gasteiger partial charge < -0.3 is 15.7 Å². The maximum atomic E-state index is 11.7. The summed E-state index contributed by atoms with van der Waals surface area (Å²) in [6, 6.07) is 3.10. The Bertz CT molecular complexity index is 488. The molecule has 6 nitrogen and oxygen atoms in total. The lowest BCUT2D eigenvalue weighted by Crippen LogP contribution is -2.36. The number of pyridine rings is 1. The van der Waals surface area contributed by atoms with Crippen molar-refractivity contribution in [2.75, 3.05) is 5.32 Å². The molecule has 0 aromatic carbocycles. The van der Waals surface area contributed by atoms with Gasteiger partial charge in [-0.05, 0) is 25.0 Å². The molecule has 19 heavy (non-hydrogen) atoms. The molecule has 2 amide bonds. The summed E-state index contributed by atoms with van der Waals surface area (Å²) in [6.45, 7) is 0. The van der Waals surface area contributed by atoms with Gasteiger partial charge in [0.25, 0.3) is 0 Å². The maximum absolute atomic E-state index is 11.7. The van der Waals surface area contributed by atoms with E-state index < -0.39 is 5.97 Å². The van der Waals surface area contributed by atoms with Gasteiger partial charge in [-0.1, -0.05) is 12.2 Å². The molecule has 2 rings (SSSR count). The number of anilines is 1. The fourth-order valence-electron chi connectivity index (χ4n) is 1.85. The van der Waals surface area contributed by atoms with Crippen molar-refractivity contribution in [1.29, 1.82) is 0 Å². The van der Waals surface area contributed by atoms with E-state index >= 15 is 0 Å². The average molecular weight is 261 g/mol. The first-order valence-corrected chi connectivity index (χ1v) is 6.03. The van der Waals surface area contributed by atoms with Crippen LogP contribution in [0.1, 0.15) is 18.5 Å². The first-order chi connectivity index (χ1) is 9.13. The number of aromatic nitrogens is 1. The minimum atomic E-state index is -0.931. The molecule has 1 aliphatic rings. The van der Waals surface area contributed by atoms with Crippen LogP contribution >= 0.6 is 0 Å². The van der Waals surface area contributed by atoms with Crippen LogP contribution in [0, 0.1) is 0 Å². The zero-order chi connectivity index (χ0) is 13.7. The fourth-order valence-corrected chi connectivity index (χ4v) is 1.85. The van der Waals surface area contributed by atoms with Gasteiger partial charge in [0, 0.05) is 6.04 Å². The van der Waals surface area contributed by atoms with Crippen molar-refractivity contribution in [1.82, 2.24) is 10.3 Å². The minimum absolute atomic E-state index is 0.125. The van der Waals surface area contributed by atoms with Crippen molar-refractivity contribution in [3.8, 4) is 0 Å². The van der Waals surface area contributed by atoms with E-state index in [0.29, 0.717) is 11.4 Å². The van der Waals surface area contributed by atoms with Crippen molar-refractivity contribution in [3.05, 3.63) is 36.2 Å². The zero-order valence-electron chi connectivity index (χ0n) is 10.3. The van der Waals surface area contributed by atoms with Crippen LogP contribution in [-0.4, -0.2) is 28.1 Å². The lowest BCUT2D eigenvalue weighted by Gasteiger charge is -2.12. The van der Waals surface area contributed by atoms with Crippen molar-refractivity contribution in [2.24, 2.45) is 0 Å². The van der Waals surface area contributed by atoms with Gasteiger partial charge in [-0.15, -0.1) is 0 Å². The second-order valence-corrected chi connectivity index (χ2v) is 4.35. The summed E-state index contributed by atoms with van der Waals surface area (Å²) >= 11 is 0. The molecule has 0 aliphatic heterocycles. The van der Waals surface area contributed by atoms with Gasteiger partial charge in [0.15, 0.2) is 0 Å². The predicted molar refractivity (Wildman–Crippen MR) is 69.9 cm³/mol. The van der Waals surface area contributed by atoms with Crippen LogP contribution in [0.2, 0.25) is 0 Å². The number of carboxylic acid groups (broad SMARTS) is 1. The van der Waals surface area contributed by atoms with E-state index in [1.54, 1.807) is 12.1 Å². The molecule has 0 radical (unpaired) electrons. The molecule has 3 N–H and O–H groups in total. The standard InChI is InChI=1S/C13H15N3O3/c17-12(18)7-10-5-6-11(8-14-10)16-13(19)15-9-3-1-2-4-9/h1-2,5-6,8-9H,3-4,7H2,(H,17,18)(H2,15,16,19). The molecule has 0 bridgehead atoms. The Hall–Kier alpha value is -2.37. The zero-order valence-corrected chi connectivity index (χ0v) is 10.3. The van der Waals surface area contributed by atoms with E-state index in [1.165, 1.54) is 6.20 Å². The Kier molecular flexibility index (Phi) is 4.12. The van der Waals surface area contributed by atoms with Gasteiger partial charge in [-0.25, -0.2) is 4.79 Å². The normalized spacial score (nSPS) is 14.3. The number of carbonyl (C=O) groups is 2. The molecule has 1 aliphatic carbocycles. The predicted octanol–water partition coefficient (Wildman–Crippen LogP) is 1.55. The number of hydrogen-bond donors (Lipinski definition) is 3. The van der Waals surface area contributed by atoms with Gasteiger partial charge in [0.1, 0.15) is 0 Å². The van der Waals surface area contributed by atoms with E-state index in [9.17, 15) is 9.59 Å². The van der Waals surface area contributed by atoms with Gasteiger partial charge >= 0.3 is 12.0 Å². The number of nitrogens with one attached hydrogen (secondary N) is 2. The summed E-state index contributed by atoms with van der Waals surface area (Å²) in [4.78, 5) is 26.1. The molecule has 1 aromatic heterocycles. The van der Waals surface area contributed by atoms with Crippen LogP contribution in [0.3, 0.4) is 0 Å². The summed E-state index contributed by atoms with van der Waals surface area (Å²) in [7, 11) is 0. The highest BCUT2D eigenvalue weighted by molar-refractivity contribution is 5.89. The molecule has 0 saturated carbocycles. The lowest BCUT2D eigenvalue weighted by molar-refractivity contribution is -0.136. The van der Waals surface area contributed by atoms with Crippen LogP contribution in [0.4, 0.5) is 10.5 Å². The van der Waals surface area contributed by atoms with Crippen molar-refractivity contribution < 1.29 is 14.7 Å². The van der Waals surface area contributed by atoms with E-state index in [-0.39, 0.29) is 18.5 Å². The Morgan fingerprint density at radius 1 is 1.32 bits per heavy atom. The monoisotopic (exact) mass is 261 g/mol. The van der Waals surface area contributed by atoms with Gasteiger partial charge in [-0.2, -0.15) is 0 Å². The maximum Gasteiger partial charge on any atom is 0.319 e. The van der Waals surface area contributed by atoms with Crippen LogP contribution in [0.15, 0.2) is 30.5 Å². The van der Waals surface area contributed by atoms with E-state index in [1.807, 2.05) is 12.2 Å². The van der Waals surface area contributed by atoms with Crippen molar-refractivity contribution >= 4 is 17.7 Å². The van der Waals surface area contributed by atoms with Crippen molar-refractivity contribution in [2.45, 2.75) is 25.3 Å². The molecule has 1 aromatic rings. The third-order valence-corrected chi connectivity index (χ3v) is 2.76. The average Bonchev–Trinajstić information content (AvgIpc) is 2.83. The summed E-state index contributed by atoms with van der Waals surface area (Å²) in [5.41, 5.74) is 0.996. The first-order valence-electron chi connectivity index (χ1n) is 6.03. The lowest BCUT2D eigenvalue weighted by atomic mass is 10.2. The number of rotatable bonds is 4. The fraction of sp³-hybridized carbons (Fsp3) is 0.308. The highest BCUT2D eigenvalue weighted by atomic mass is 16.4. The molecular formula is C13H15N3O3. The number of amides is 2. The van der Waals surface area contributed by atoms with Crippen LogP contribution < -0.4 is 10.6 Å². The Balaban J connectivity index is 1.84. The number of carboxylic acids is 1. The molecular weight excluding hydrogens is 246 g/mol. The van der Waals surface area contributed by atoms with Crippen LogP contribution in [0.5, 0.6) is 0 Å². The topological polar surface area (TPSA) is 91.3 Å². The molecule has 0 unspecified atom stereocenters. The second kappa shape index (κ2) is 5.99. The quantitative estimate of drug-likeness (QED) is 0.717. The SMILES string of the molecule is O=C(O)Cc1ccc(NC(=O)NC2CC=CC2)cn1. The van der Waals surface area contributed by atoms with E-state index in [4.69, 9.17) is 5.11 Å². The summed E-state index contributed by atoms with van der Waals surface area (Å²) in [5.74, 6) is -0.931. The van der Waals surface area contributed by atoms with Gasteiger partial charge in [-0.3, -0.25) is 9.78 Å². The van der Waals surface area contributed by atoms with Crippen LogP contribution in [0.25, 0.3) is 0 Å². The molecule has 1 heterocycles. The number of aliphatic carboxylic acids is 1. The molecule has 0 fully saturated rings. The molecule has 100 valence electrons. The highest BCUT2D eigenvalue weighted by Crippen LogP contribution is 2.10.